The van der Waals surface area contributed by atoms with E-state index in [1.165, 1.54) is 0 Å². The van der Waals surface area contributed by atoms with E-state index in [4.69, 9.17) is 17.3 Å². The molecule has 0 saturated carbocycles. The maximum absolute atomic E-state index is 5.65. The van der Waals surface area contributed by atoms with E-state index in [2.05, 4.69) is 0 Å². The van der Waals surface area contributed by atoms with Gasteiger partial charge >= 0.3 is 0 Å². The topological polar surface area (TPSA) is 26.0 Å². The summed E-state index contributed by atoms with van der Waals surface area (Å²) < 4.78 is 0. The fourth-order valence-electron chi connectivity index (χ4n) is 0.922. The highest BCUT2D eigenvalue weighted by Crippen LogP contribution is 2.07. The molecule has 0 fully saturated rings. The minimum Gasteiger partial charge on any atom is -0.327 e. The van der Waals surface area contributed by atoms with Crippen molar-refractivity contribution in [3.63, 3.8) is 0 Å². The molecule has 0 aliphatic carbocycles. The van der Waals surface area contributed by atoms with Gasteiger partial charge in [0.05, 0.1) is 0 Å². The second kappa shape index (κ2) is 4.96. The Kier molecular flexibility index (Phi) is 3.85. The molecule has 0 aromatic heterocycles. The maximum Gasteiger partial charge on any atom is 0.0474 e. The van der Waals surface area contributed by atoms with Gasteiger partial charge in [0, 0.05) is 12.4 Å². The monoisotopic (exact) mass is 181 g/mol. The van der Waals surface area contributed by atoms with Crippen LogP contribution in [0.15, 0.2) is 30.3 Å². The van der Waals surface area contributed by atoms with E-state index in [0.717, 1.165) is 11.1 Å². The third-order valence-corrected chi connectivity index (χ3v) is 1.89. The number of hydrogen-bond acceptors (Lipinski definition) is 1. The lowest BCUT2D eigenvalue weighted by atomic mass is 10.1. The first kappa shape index (κ1) is 9.30. The second-order valence-corrected chi connectivity index (χ2v) is 2.78. The molecule has 0 heterocycles. The van der Waals surface area contributed by atoms with Gasteiger partial charge in [-0.1, -0.05) is 36.4 Å². The molecule has 2 heteroatoms. The predicted octanol–water partition coefficient (Wildman–Crippen LogP) is 2.40. The molecule has 1 aromatic carbocycles. The molecule has 0 amide bonds. The Labute approximate surface area is 77.8 Å². The summed E-state index contributed by atoms with van der Waals surface area (Å²) in [6.45, 7) is 0.581. The van der Waals surface area contributed by atoms with Crippen LogP contribution in [0.25, 0.3) is 6.08 Å². The molecule has 0 aliphatic heterocycles. The van der Waals surface area contributed by atoms with E-state index >= 15 is 0 Å². The van der Waals surface area contributed by atoms with E-state index in [1.54, 1.807) is 0 Å². The Bertz CT molecular complexity index is 251. The van der Waals surface area contributed by atoms with Crippen molar-refractivity contribution < 1.29 is 0 Å². The summed E-state index contributed by atoms with van der Waals surface area (Å²) in [4.78, 5) is 0. The zero-order valence-corrected chi connectivity index (χ0v) is 7.59. The van der Waals surface area contributed by atoms with Gasteiger partial charge < -0.3 is 5.73 Å². The average molecular weight is 182 g/mol. The van der Waals surface area contributed by atoms with E-state index in [1.807, 2.05) is 36.4 Å². The van der Waals surface area contributed by atoms with E-state index in [0.29, 0.717) is 12.4 Å². The number of hydrogen-bond donors (Lipinski definition) is 1. The van der Waals surface area contributed by atoms with Crippen molar-refractivity contribution in [1.82, 2.24) is 0 Å². The molecule has 1 nitrogen and oxygen atoms in total. The zero-order chi connectivity index (χ0) is 8.81. The molecule has 64 valence electrons. The minimum atomic E-state index is 0.570. The van der Waals surface area contributed by atoms with Gasteiger partial charge in [-0.3, -0.25) is 0 Å². The lowest BCUT2D eigenvalue weighted by Crippen LogP contribution is -1.91. The SMILES string of the molecule is NCC=Cc1ccc(CCl)cc1. The molecule has 12 heavy (non-hydrogen) atoms. The van der Waals surface area contributed by atoms with Crippen molar-refractivity contribution in [3.8, 4) is 0 Å². The highest BCUT2D eigenvalue weighted by atomic mass is 35.5. The number of benzene rings is 1. The summed E-state index contributed by atoms with van der Waals surface area (Å²) in [5.74, 6) is 0.570. The van der Waals surface area contributed by atoms with Crippen LogP contribution in [0.3, 0.4) is 0 Å². The summed E-state index contributed by atoms with van der Waals surface area (Å²) in [5, 5.41) is 0. The minimum absolute atomic E-state index is 0.570. The Morgan fingerprint density at radius 3 is 2.42 bits per heavy atom. The maximum atomic E-state index is 5.65. The van der Waals surface area contributed by atoms with Crippen molar-refractivity contribution in [2.24, 2.45) is 5.73 Å². The molecule has 2 N–H and O–H groups in total. The van der Waals surface area contributed by atoms with Crippen LogP contribution in [0.2, 0.25) is 0 Å². The average Bonchev–Trinajstić information content (AvgIpc) is 2.15. The standard InChI is InChI=1S/C10H12ClN/c11-8-10-5-3-9(4-6-10)2-1-7-12/h1-6H,7-8,12H2. The molecule has 0 radical (unpaired) electrons. The van der Waals surface area contributed by atoms with Crippen LogP contribution in [0.1, 0.15) is 11.1 Å². The van der Waals surface area contributed by atoms with Crippen molar-refractivity contribution >= 4 is 17.7 Å². The number of halogens is 1. The first-order valence-corrected chi connectivity index (χ1v) is 4.42. The van der Waals surface area contributed by atoms with Gasteiger partial charge in [0.25, 0.3) is 0 Å². The molecular formula is C10H12ClN. The summed E-state index contributed by atoms with van der Waals surface area (Å²) in [6, 6.07) is 8.10. The molecule has 0 atom stereocenters. The van der Waals surface area contributed by atoms with Crippen molar-refractivity contribution in [2.75, 3.05) is 6.54 Å². The van der Waals surface area contributed by atoms with Gasteiger partial charge in [0.2, 0.25) is 0 Å². The van der Waals surface area contributed by atoms with Crippen LogP contribution in [0.5, 0.6) is 0 Å². The Morgan fingerprint density at radius 1 is 1.25 bits per heavy atom. The lowest BCUT2D eigenvalue weighted by molar-refractivity contribution is 1.26. The number of nitrogens with two attached hydrogens (primary N) is 1. The first-order chi connectivity index (χ1) is 5.86. The molecule has 0 aliphatic rings. The molecule has 0 spiro atoms. The number of rotatable bonds is 3. The largest absolute Gasteiger partial charge is 0.327 e. The van der Waals surface area contributed by atoms with Crippen LogP contribution in [0.4, 0.5) is 0 Å². The molecule has 0 saturated heterocycles. The van der Waals surface area contributed by atoms with Gasteiger partial charge in [0.15, 0.2) is 0 Å². The van der Waals surface area contributed by atoms with E-state index in [9.17, 15) is 0 Å². The lowest BCUT2D eigenvalue weighted by Gasteiger charge is -1.95. The fourth-order valence-corrected chi connectivity index (χ4v) is 1.10. The zero-order valence-electron chi connectivity index (χ0n) is 6.83. The third-order valence-electron chi connectivity index (χ3n) is 1.58. The van der Waals surface area contributed by atoms with Crippen LogP contribution >= 0.6 is 11.6 Å². The summed E-state index contributed by atoms with van der Waals surface area (Å²) >= 11 is 5.65. The molecule has 1 rings (SSSR count). The van der Waals surface area contributed by atoms with Gasteiger partial charge in [-0.2, -0.15) is 0 Å². The van der Waals surface area contributed by atoms with Crippen LogP contribution in [-0.4, -0.2) is 6.54 Å². The normalized spacial score (nSPS) is 10.8. The number of alkyl halides is 1. The molecular weight excluding hydrogens is 170 g/mol. The van der Waals surface area contributed by atoms with Crippen LogP contribution in [0, 0.1) is 0 Å². The third kappa shape index (κ3) is 2.68. The van der Waals surface area contributed by atoms with Crippen molar-refractivity contribution in [1.29, 1.82) is 0 Å². The van der Waals surface area contributed by atoms with Gasteiger partial charge in [-0.05, 0) is 11.1 Å². The second-order valence-electron chi connectivity index (χ2n) is 2.51. The summed E-state index contributed by atoms with van der Waals surface area (Å²) in [6.07, 6.45) is 3.92. The predicted molar refractivity (Wildman–Crippen MR) is 54.1 cm³/mol. The smallest absolute Gasteiger partial charge is 0.0474 e. The van der Waals surface area contributed by atoms with Gasteiger partial charge in [-0.25, -0.2) is 0 Å². The van der Waals surface area contributed by atoms with Crippen LogP contribution < -0.4 is 5.73 Å². The van der Waals surface area contributed by atoms with E-state index in [-0.39, 0.29) is 0 Å². The molecule has 0 bridgehead atoms. The first-order valence-electron chi connectivity index (χ1n) is 3.88. The highest BCUT2D eigenvalue weighted by molar-refractivity contribution is 6.17. The summed E-state index contributed by atoms with van der Waals surface area (Å²) in [7, 11) is 0. The van der Waals surface area contributed by atoms with Crippen LogP contribution in [-0.2, 0) is 5.88 Å². The van der Waals surface area contributed by atoms with Crippen molar-refractivity contribution in [3.05, 3.63) is 41.5 Å². The Balaban J connectivity index is 2.71. The van der Waals surface area contributed by atoms with Gasteiger partial charge in [0.1, 0.15) is 0 Å². The van der Waals surface area contributed by atoms with Gasteiger partial charge in [-0.15, -0.1) is 11.6 Å². The molecule has 1 aromatic rings. The Hall–Kier alpha value is -0.790. The van der Waals surface area contributed by atoms with Crippen molar-refractivity contribution in [2.45, 2.75) is 5.88 Å². The highest BCUT2D eigenvalue weighted by Gasteiger charge is 1.88. The summed E-state index contributed by atoms with van der Waals surface area (Å²) in [5.41, 5.74) is 7.63. The fraction of sp³-hybridized carbons (Fsp3) is 0.200. The molecule has 0 unspecified atom stereocenters. The quantitative estimate of drug-likeness (QED) is 0.713. The van der Waals surface area contributed by atoms with E-state index < -0.39 is 0 Å². The Morgan fingerprint density at radius 2 is 1.92 bits per heavy atom.